The van der Waals surface area contributed by atoms with Gasteiger partial charge in [-0.2, -0.15) is 0 Å². The first-order valence-corrected chi connectivity index (χ1v) is 11.0. The maximum atomic E-state index is 11.3. The Kier molecular flexibility index (Phi) is 6.53. The first-order valence-electron chi connectivity index (χ1n) is 9.42. The fourth-order valence-corrected chi connectivity index (χ4v) is 3.74. The summed E-state index contributed by atoms with van der Waals surface area (Å²) in [6.07, 6.45) is 1.04. The Balaban J connectivity index is 1.60. The normalized spacial score (nSPS) is 17.6. The Hall–Kier alpha value is -2.58. The summed E-state index contributed by atoms with van der Waals surface area (Å²) in [6, 6.07) is 17.2. The Morgan fingerprint density at radius 2 is 1.89 bits per heavy atom. The molecule has 7 nitrogen and oxygen atoms in total. The Labute approximate surface area is 166 Å². The minimum Gasteiger partial charge on any atom is -0.369 e. The molecule has 1 aliphatic heterocycles. The summed E-state index contributed by atoms with van der Waals surface area (Å²) in [5, 5.41) is 11.9. The van der Waals surface area contributed by atoms with Crippen molar-refractivity contribution in [3.63, 3.8) is 0 Å². The summed E-state index contributed by atoms with van der Waals surface area (Å²) >= 11 is 0. The number of para-hydroxylation sites is 1. The van der Waals surface area contributed by atoms with E-state index in [0.29, 0.717) is 12.6 Å². The minimum atomic E-state index is -3.67. The molecular formula is C20H27N5O2S. The van der Waals surface area contributed by atoms with E-state index in [1.807, 2.05) is 13.0 Å². The van der Waals surface area contributed by atoms with Gasteiger partial charge in [-0.3, -0.25) is 0 Å². The van der Waals surface area contributed by atoms with Crippen molar-refractivity contribution in [2.24, 2.45) is 10.1 Å². The summed E-state index contributed by atoms with van der Waals surface area (Å²) in [6.45, 7) is 5.19. The summed E-state index contributed by atoms with van der Waals surface area (Å²) in [5.74, 6) is 0.762. The van der Waals surface area contributed by atoms with Crippen LogP contribution in [0.15, 0.2) is 64.5 Å². The monoisotopic (exact) mass is 401 g/mol. The second-order valence-electron chi connectivity index (χ2n) is 6.80. The number of nitrogens with one attached hydrogen (secondary N) is 2. The highest BCUT2D eigenvalue weighted by atomic mass is 32.2. The molecule has 2 aromatic rings. The second kappa shape index (κ2) is 9.07. The zero-order valence-electron chi connectivity index (χ0n) is 16.0. The average molecular weight is 402 g/mol. The van der Waals surface area contributed by atoms with E-state index < -0.39 is 10.0 Å². The van der Waals surface area contributed by atoms with Crippen LogP contribution in [0, 0.1) is 0 Å². The van der Waals surface area contributed by atoms with E-state index in [1.54, 1.807) is 12.1 Å². The third kappa shape index (κ3) is 5.46. The molecular weight excluding hydrogens is 374 g/mol. The van der Waals surface area contributed by atoms with Gasteiger partial charge in [0.2, 0.25) is 10.0 Å². The standard InChI is InChI=1S/C20H27N5O2S/c1-2-22-20(23-14-16-8-10-19(11-9-16)28(21,26)27)24-17-12-13-25(15-17)18-6-4-3-5-7-18/h3-11,17H,2,12-15H2,1H3,(H2,21,26,27)(H2,22,23,24). The lowest BCUT2D eigenvalue weighted by Crippen LogP contribution is -2.44. The van der Waals surface area contributed by atoms with Crippen LogP contribution in [0.25, 0.3) is 0 Å². The van der Waals surface area contributed by atoms with Crippen molar-refractivity contribution in [1.29, 1.82) is 0 Å². The van der Waals surface area contributed by atoms with Crippen molar-refractivity contribution in [2.45, 2.75) is 30.8 Å². The molecule has 0 radical (unpaired) electrons. The van der Waals surface area contributed by atoms with Crippen LogP contribution in [0.2, 0.25) is 0 Å². The van der Waals surface area contributed by atoms with Crippen molar-refractivity contribution in [1.82, 2.24) is 10.6 Å². The van der Waals surface area contributed by atoms with Crippen molar-refractivity contribution in [2.75, 3.05) is 24.5 Å². The number of hydrogen-bond acceptors (Lipinski definition) is 4. The molecule has 150 valence electrons. The first kappa shape index (κ1) is 20.2. The SMILES string of the molecule is CCNC(=NCc1ccc(S(N)(=O)=O)cc1)NC1CCN(c2ccccc2)C1. The highest BCUT2D eigenvalue weighted by molar-refractivity contribution is 7.89. The molecule has 1 fully saturated rings. The summed E-state index contributed by atoms with van der Waals surface area (Å²) in [5.41, 5.74) is 2.16. The zero-order chi connectivity index (χ0) is 20.0. The van der Waals surface area contributed by atoms with Gasteiger partial charge in [0, 0.05) is 31.4 Å². The van der Waals surface area contributed by atoms with Crippen molar-refractivity contribution < 1.29 is 8.42 Å². The molecule has 0 bridgehead atoms. The maximum absolute atomic E-state index is 11.3. The fourth-order valence-electron chi connectivity index (χ4n) is 3.22. The van der Waals surface area contributed by atoms with E-state index in [0.717, 1.165) is 37.6 Å². The molecule has 0 aliphatic carbocycles. The number of hydrogen-bond donors (Lipinski definition) is 3. The lowest BCUT2D eigenvalue weighted by Gasteiger charge is -2.20. The van der Waals surface area contributed by atoms with Gasteiger partial charge in [-0.15, -0.1) is 0 Å². The van der Waals surface area contributed by atoms with Crippen LogP contribution < -0.4 is 20.7 Å². The number of nitrogens with zero attached hydrogens (tertiary/aromatic N) is 2. The van der Waals surface area contributed by atoms with Gasteiger partial charge in [0.05, 0.1) is 11.4 Å². The van der Waals surface area contributed by atoms with Crippen molar-refractivity contribution >= 4 is 21.7 Å². The molecule has 0 saturated carbocycles. The van der Waals surface area contributed by atoms with E-state index >= 15 is 0 Å². The van der Waals surface area contributed by atoms with Crippen LogP contribution in [0.4, 0.5) is 5.69 Å². The number of rotatable bonds is 6. The first-order chi connectivity index (χ1) is 13.5. The molecule has 4 N–H and O–H groups in total. The van der Waals surface area contributed by atoms with Gasteiger partial charge in [-0.1, -0.05) is 30.3 Å². The molecule has 1 heterocycles. The molecule has 3 rings (SSSR count). The van der Waals surface area contributed by atoms with E-state index in [1.165, 1.54) is 17.8 Å². The van der Waals surface area contributed by atoms with Crippen LogP contribution in [-0.4, -0.2) is 40.1 Å². The fraction of sp³-hybridized carbons (Fsp3) is 0.350. The van der Waals surface area contributed by atoms with Crippen LogP contribution >= 0.6 is 0 Å². The Bertz CT molecular complexity index is 898. The van der Waals surface area contributed by atoms with Crippen LogP contribution in [0.1, 0.15) is 18.9 Å². The van der Waals surface area contributed by atoms with Gasteiger partial charge in [0.1, 0.15) is 0 Å². The molecule has 1 saturated heterocycles. The highest BCUT2D eigenvalue weighted by Gasteiger charge is 2.23. The number of nitrogens with two attached hydrogens (primary N) is 1. The maximum Gasteiger partial charge on any atom is 0.238 e. The number of primary sulfonamides is 1. The molecule has 0 spiro atoms. The smallest absolute Gasteiger partial charge is 0.238 e. The summed E-state index contributed by atoms with van der Waals surface area (Å²) in [4.78, 5) is 7.11. The molecule has 8 heteroatoms. The molecule has 0 aromatic heterocycles. The number of sulfonamides is 1. The van der Waals surface area contributed by atoms with Gasteiger partial charge in [-0.05, 0) is 43.2 Å². The summed E-state index contributed by atoms with van der Waals surface area (Å²) < 4.78 is 22.7. The highest BCUT2D eigenvalue weighted by Crippen LogP contribution is 2.19. The Morgan fingerprint density at radius 3 is 2.54 bits per heavy atom. The Morgan fingerprint density at radius 1 is 1.18 bits per heavy atom. The number of anilines is 1. The predicted octanol–water partition coefficient (Wildman–Crippen LogP) is 1.67. The molecule has 28 heavy (non-hydrogen) atoms. The zero-order valence-corrected chi connectivity index (χ0v) is 16.8. The second-order valence-corrected chi connectivity index (χ2v) is 8.36. The van der Waals surface area contributed by atoms with E-state index in [4.69, 9.17) is 5.14 Å². The topological polar surface area (TPSA) is 99.8 Å². The van der Waals surface area contributed by atoms with E-state index in [-0.39, 0.29) is 4.90 Å². The van der Waals surface area contributed by atoms with Gasteiger partial charge in [0.25, 0.3) is 0 Å². The van der Waals surface area contributed by atoms with Gasteiger partial charge in [0.15, 0.2) is 5.96 Å². The molecule has 0 amide bonds. The number of aliphatic imine (C=N–C) groups is 1. The van der Waals surface area contributed by atoms with Gasteiger partial charge < -0.3 is 15.5 Å². The largest absolute Gasteiger partial charge is 0.369 e. The average Bonchev–Trinajstić information content (AvgIpc) is 3.15. The molecule has 1 unspecified atom stereocenters. The van der Waals surface area contributed by atoms with E-state index in [2.05, 4.69) is 44.8 Å². The number of guanidine groups is 1. The lowest BCUT2D eigenvalue weighted by atomic mass is 10.2. The van der Waals surface area contributed by atoms with Crippen LogP contribution in [-0.2, 0) is 16.6 Å². The van der Waals surface area contributed by atoms with E-state index in [9.17, 15) is 8.42 Å². The third-order valence-electron chi connectivity index (χ3n) is 4.67. The van der Waals surface area contributed by atoms with Crippen molar-refractivity contribution in [3.8, 4) is 0 Å². The van der Waals surface area contributed by atoms with Crippen LogP contribution in [0.3, 0.4) is 0 Å². The van der Waals surface area contributed by atoms with Gasteiger partial charge >= 0.3 is 0 Å². The van der Waals surface area contributed by atoms with Gasteiger partial charge in [-0.25, -0.2) is 18.5 Å². The molecule has 1 atom stereocenters. The predicted molar refractivity (Wildman–Crippen MR) is 113 cm³/mol. The molecule has 2 aromatic carbocycles. The molecule has 1 aliphatic rings. The van der Waals surface area contributed by atoms with Crippen molar-refractivity contribution in [3.05, 3.63) is 60.2 Å². The lowest BCUT2D eigenvalue weighted by molar-refractivity contribution is 0.597. The van der Waals surface area contributed by atoms with Crippen LogP contribution in [0.5, 0.6) is 0 Å². The third-order valence-corrected chi connectivity index (χ3v) is 5.60. The summed E-state index contributed by atoms with van der Waals surface area (Å²) in [7, 11) is -3.67. The quantitative estimate of drug-likeness (QED) is 0.505. The minimum absolute atomic E-state index is 0.109. The number of benzene rings is 2.